The molecule has 0 saturated carbocycles. The van der Waals surface area contributed by atoms with Crippen LogP contribution in [0.25, 0.3) is 0 Å². The van der Waals surface area contributed by atoms with E-state index in [0.29, 0.717) is 0 Å². The smallest absolute Gasteiger partial charge is 0.780 e. The van der Waals surface area contributed by atoms with Gasteiger partial charge in [-0.05, 0) is 24.3 Å². The summed E-state index contributed by atoms with van der Waals surface area (Å²) in [6.45, 7) is 0. The number of hydrogen-bond donors (Lipinski definition) is 0. The summed E-state index contributed by atoms with van der Waals surface area (Å²) < 4.78 is 28.2. The van der Waals surface area contributed by atoms with Gasteiger partial charge in [-0.2, -0.15) is 0 Å². The van der Waals surface area contributed by atoms with Crippen molar-refractivity contribution in [3.05, 3.63) is 68.8 Å². The third-order valence-corrected chi connectivity index (χ3v) is 3.40. The quantitative estimate of drug-likeness (QED) is 0.266. The average Bonchev–Trinajstić information content (AvgIpc) is 2.53. The Morgan fingerprint density at radius 3 is 1.03 bits per heavy atom. The first-order valence-corrected chi connectivity index (χ1v) is 9.61. The van der Waals surface area contributed by atoms with Gasteiger partial charge in [0.2, 0.25) is 0 Å². The standard InChI is InChI=1S/2C6H6NO6P.Zr/c2*8-7(9)5-1-3-6(4-2-5)13-14(10,11)12;/h2*1-4H,(H2,10,11,12);/q;;+4/p-4. The number of rotatable bonds is 6. The van der Waals surface area contributed by atoms with Crippen LogP contribution in [0, 0.1) is 20.2 Å². The average molecular weight is 525 g/mol. The van der Waals surface area contributed by atoms with Crippen molar-refractivity contribution in [2.45, 2.75) is 0 Å². The molecule has 0 spiro atoms. The van der Waals surface area contributed by atoms with Gasteiger partial charge in [0, 0.05) is 24.3 Å². The second-order valence-corrected chi connectivity index (χ2v) is 6.73. The molecular formula is C12H8N2O12P2Zr. The molecule has 0 N–H and O–H groups in total. The van der Waals surface area contributed by atoms with E-state index in [0.717, 1.165) is 48.5 Å². The van der Waals surface area contributed by atoms with Crippen molar-refractivity contribution in [1.82, 2.24) is 0 Å². The minimum Gasteiger partial charge on any atom is -0.780 e. The Hall–Kier alpha value is -1.98. The molecule has 0 amide bonds. The molecule has 2 aromatic carbocycles. The van der Waals surface area contributed by atoms with Crippen molar-refractivity contribution in [3.63, 3.8) is 0 Å². The normalized spacial score (nSPS) is 10.6. The fourth-order valence-electron chi connectivity index (χ4n) is 1.52. The molecule has 0 aromatic heterocycles. The maximum absolute atomic E-state index is 10.2. The molecular weight excluding hydrogens is 517 g/mol. The van der Waals surface area contributed by atoms with Crippen molar-refractivity contribution in [3.8, 4) is 11.5 Å². The maximum Gasteiger partial charge on any atom is 4.00 e. The van der Waals surface area contributed by atoms with Crippen LogP contribution in [0.1, 0.15) is 0 Å². The molecule has 0 heterocycles. The third-order valence-electron chi connectivity index (χ3n) is 2.53. The summed E-state index contributed by atoms with van der Waals surface area (Å²) in [5.41, 5.74) is -0.437. The molecule has 2 rings (SSSR count). The first-order valence-electron chi connectivity index (χ1n) is 6.69. The largest absolute Gasteiger partial charge is 4.00 e. The summed E-state index contributed by atoms with van der Waals surface area (Å²) in [5.74, 6) is -0.493. The van der Waals surface area contributed by atoms with Gasteiger partial charge in [0.15, 0.2) is 0 Å². The molecule has 0 bridgehead atoms. The molecule has 14 nitrogen and oxygen atoms in total. The van der Waals surface area contributed by atoms with E-state index < -0.39 is 25.5 Å². The minimum absolute atomic E-state index is 0. The van der Waals surface area contributed by atoms with Gasteiger partial charge in [-0.15, -0.1) is 0 Å². The van der Waals surface area contributed by atoms with Gasteiger partial charge in [0.25, 0.3) is 11.4 Å². The van der Waals surface area contributed by atoms with Crippen molar-refractivity contribution in [1.29, 1.82) is 0 Å². The molecule has 0 aliphatic carbocycles. The Balaban J connectivity index is 0.000000523. The van der Waals surface area contributed by atoms with Crippen LogP contribution in [0.4, 0.5) is 11.4 Å². The third kappa shape index (κ3) is 11.6. The number of phosphoric ester groups is 2. The van der Waals surface area contributed by atoms with Crippen molar-refractivity contribution in [2.24, 2.45) is 0 Å². The zero-order valence-electron chi connectivity index (χ0n) is 13.8. The molecule has 0 unspecified atom stereocenters. The minimum atomic E-state index is -5.10. The Morgan fingerprint density at radius 1 is 0.621 bits per heavy atom. The number of nitro groups is 2. The van der Waals surface area contributed by atoms with Crippen LogP contribution in [-0.4, -0.2) is 9.85 Å². The Bertz CT molecular complexity index is 847. The zero-order chi connectivity index (χ0) is 21.5. The summed E-state index contributed by atoms with van der Waals surface area (Å²) in [5, 5.41) is 20.4. The predicted molar refractivity (Wildman–Crippen MR) is 82.7 cm³/mol. The number of nitrogens with zero attached hydrogens (tertiary/aromatic N) is 2. The number of nitro benzene ring substituents is 2. The molecule has 17 heteroatoms. The Morgan fingerprint density at radius 2 is 0.862 bits per heavy atom. The monoisotopic (exact) mass is 524 g/mol. The van der Waals surface area contributed by atoms with Crippen LogP contribution in [-0.2, 0) is 35.3 Å². The maximum atomic E-state index is 10.2. The van der Waals surface area contributed by atoms with Crippen LogP contribution >= 0.6 is 15.6 Å². The van der Waals surface area contributed by atoms with Gasteiger partial charge in [-0.1, -0.05) is 0 Å². The van der Waals surface area contributed by atoms with E-state index in [9.17, 15) is 48.9 Å². The first-order chi connectivity index (χ1) is 12.8. The van der Waals surface area contributed by atoms with E-state index in [2.05, 4.69) is 9.05 Å². The topological polar surface area (TPSA) is 231 Å². The van der Waals surface area contributed by atoms with Gasteiger partial charge in [-0.3, -0.25) is 20.2 Å². The molecule has 29 heavy (non-hydrogen) atoms. The SMILES string of the molecule is O=[N+]([O-])c1ccc(OP(=O)([O-])[O-])cc1.O=[N+]([O-])c1ccc(OP(=O)([O-])[O-])cc1.[Zr+4]. The molecule has 0 radical (unpaired) electrons. The van der Waals surface area contributed by atoms with E-state index in [1.807, 2.05) is 0 Å². The number of hydrogen-bond acceptors (Lipinski definition) is 12. The van der Waals surface area contributed by atoms with Gasteiger partial charge in [0.1, 0.15) is 27.1 Å². The zero-order valence-corrected chi connectivity index (χ0v) is 18.1. The van der Waals surface area contributed by atoms with Gasteiger partial charge in [0.05, 0.1) is 9.85 Å². The Kier molecular flexibility index (Phi) is 10.5. The fraction of sp³-hybridized carbons (Fsp3) is 0. The summed E-state index contributed by atoms with van der Waals surface area (Å²) >= 11 is 0. The van der Waals surface area contributed by atoms with E-state index >= 15 is 0 Å². The number of phosphoric acid groups is 2. The molecule has 0 saturated heterocycles. The fourth-order valence-corrected chi connectivity index (χ4v) is 2.28. The molecule has 0 aliphatic rings. The molecule has 2 aromatic rings. The van der Waals surface area contributed by atoms with Crippen LogP contribution < -0.4 is 28.6 Å². The number of benzene rings is 2. The summed E-state index contributed by atoms with van der Waals surface area (Å²) in [4.78, 5) is 59.6. The molecule has 0 atom stereocenters. The second-order valence-electron chi connectivity index (χ2n) is 4.58. The van der Waals surface area contributed by atoms with Gasteiger partial charge in [-0.25, -0.2) is 0 Å². The summed E-state index contributed by atoms with van der Waals surface area (Å²) in [7, 11) is -10.2. The van der Waals surface area contributed by atoms with Crippen LogP contribution in [0.15, 0.2) is 48.5 Å². The van der Waals surface area contributed by atoms with Crippen LogP contribution in [0.2, 0.25) is 0 Å². The van der Waals surface area contributed by atoms with Gasteiger partial charge >= 0.3 is 26.2 Å². The first kappa shape index (κ1) is 27.0. The molecule has 152 valence electrons. The van der Waals surface area contributed by atoms with Crippen LogP contribution in [0.5, 0.6) is 11.5 Å². The Labute approximate surface area is 181 Å². The summed E-state index contributed by atoms with van der Waals surface area (Å²) in [6, 6.07) is 8.24. The van der Waals surface area contributed by atoms with Crippen molar-refractivity contribution < 1.29 is 73.8 Å². The number of non-ortho nitro benzene ring substituents is 2. The van der Waals surface area contributed by atoms with E-state index in [1.54, 1.807) is 0 Å². The van der Waals surface area contributed by atoms with Gasteiger partial charge < -0.3 is 37.8 Å². The van der Waals surface area contributed by atoms with Crippen molar-refractivity contribution >= 4 is 27.0 Å². The second kappa shape index (κ2) is 11.3. The van der Waals surface area contributed by atoms with E-state index in [4.69, 9.17) is 0 Å². The van der Waals surface area contributed by atoms with Crippen LogP contribution in [0.3, 0.4) is 0 Å². The molecule has 0 aliphatic heterocycles. The summed E-state index contributed by atoms with van der Waals surface area (Å²) in [6.07, 6.45) is 0. The van der Waals surface area contributed by atoms with E-state index in [-0.39, 0.29) is 49.1 Å². The van der Waals surface area contributed by atoms with Crippen molar-refractivity contribution in [2.75, 3.05) is 0 Å². The predicted octanol–water partition coefficient (Wildman–Crippen LogP) is -0.398. The van der Waals surface area contributed by atoms with E-state index in [1.165, 1.54) is 0 Å². The molecule has 0 fully saturated rings.